The van der Waals surface area contributed by atoms with Crippen molar-refractivity contribution in [3.8, 4) is 33.6 Å². The van der Waals surface area contributed by atoms with Crippen molar-refractivity contribution in [3.05, 3.63) is 205 Å². The SMILES string of the molecule is C(=C\c1ccccc1-c1ccc2c(c1)c1ccccc1n2-c1ccccc1)/c1ccccc1-c1ccc(-n2c3ccccc3c3ccccc32)cc1. The number of hydrogen-bond donors (Lipinski definition) is 0. The average Bonchev–Trinajstić information content (AvgIpc) is 3.73. The molecule has 8 aromatic carbocycles. The topological polar surface area (TPSA) is 9.86 Å². The molecule has 0 bridgehead atoms. The molecule has 0 aliphatic carbocycles. The lowest BCUT2D eigenvalue weighted by Crippen LogP contribution is -1.93. The lowest BCUT2D eigenvalue weighted by atomic mass is 9.95. The van der Waals surface area contributed by atoms with Gasteiger partial charge in [0.05, 0.1) is 22.1 Å². The molecule has 2 nitrogen and oxygen atoms in total. The van der Waals surface area contributed by atoms with Crippen LogP contribution in [0.25, 0.3) is 89.4 Å². The molecule has 10 aromatic rings. The molecule has 0 spiro atoms. The van der Waals surface area contributed by atoms with Gasteiger partial charge in [-0.25, -0.2) is 0 Å². The number of aromatic nitrogens is 2. The van der Waals surface area contributed by atoms with Crippen LogP contribution in [0.4, 0.5) is 0 Å². The van der Waals surface area contributed by atoms with Gasteiger partial charge in [0.2, 0.25) is 0 Å². The minimum absolute atomic E-state index is 1.16. The van der Waals surface area contributed by atoms with E-state index < -0.39 is 0 Å². The van der Waals surface area contributed by atoms with E-state index in [1.165, 1.54) is 82.7 Å². The van der Waals surface area contributed by atoms with Crippen molar-refractivity contribution >= 4 is 55.8 Å². The molecule has 52 heavy (non-hydrogen) atoms. The first kappa shape index (κ1) is 30.0. The van der Waals surface area contributed by atoms with E-state index in [9.17, 15) is 0 Å². The summed E-state index contributed by atoms with van der Waals surface area (Å²) in [6.07, 6.45) is 4.52. The van der Waals surface area contributed by atoms with Gasteiger partial charge < -0.3 is 9.13 Å². The van der Waals surface area contributed by atoms with E-state index in [1.807, 2.05) is 0 Å². The van der Waals surface area contributed by atoms with Gasteiger partial charge in [0.1, 0.15) is 0 Å². The van der Waals surface area contributed by atoms with Gasteiger partial charge in [-0.05, 0) is 88.0 Å². The Bertz CT molecular complexity index is 2890. The summed E-state index contributed by atoms with van der Waals surface area (Å²) >= 11 is 0. The third-order valence-corrected chi connectivity index (χ3v) is 10.4. The van der Waals surface area contributed by atoms with Gasteiger partial charge in [0.15, 0.2) is 0 Å². The molecule has 0 radical (unpaired) electrons. The quantitative estimate of drug-likeness (QED) is 0.157. The number of para-hydroxylation sites is 4. The van der Waals surface area contributed by atoms with Crippen molar-refractivity contribution in [1.82, 2.24) is 9.13 Å². The summed E-state index contributed by atoms with van der Waals surface area (Å²) in [4.78, 5) is 0. The first-order valence-corrected chi connectivity index (χ1v) is 17.9. The van der Waals surface area contributed by atoms with E-state index in [1.54, 1.807) is 0 Å². The molecular formula is C50H34N2. The Morgan fingerprint density at radius 1 is 0.288 bits per heavy atom. The molecule has 2 heterocycles. The molecular weight excluding hydrogens is 629 g/mol. The summed E-state index contributed by atoms with van der Waals surface area (Å²) in [6.45, 7) is 0. The highest BCUT2D eigenvalue weighted by Crippen LogP contribution is 2.37. The second-order valence-electron chi connectivity index (χ2n) is 13.3. The molecule has 0 saturated heterocycles. The normalized spacial score (nSPS) is 11.8. The van der Waals surface area contributed by atoms with Gasteiger partial charge in [0.25, 0.3) is 0 Å². The van der Waals surface area contributed by atoms with E-state index in [0.717, 1.165) is 5.69 Å². The third kappa shape index (κ3) is 4.96. The Balaban J connectivity index is 1.01. The highest BCUT2D eigenvalue weighted by molar-refractivity contribution is 6.11. The Kier molecular flexibility index (Phi) is 7.18. The maximum absolute atomic E-state index is 2.37. The smallest absolute Gasteiger partial charge is 0.0541 e. The predicted molar refractivity (Wildman–Crippen MR) is 221 cm³/mol. The van der Waals surface area contributed by atoms with Crippen molar-refractivity contribution in [2.24, 2.45) is 0 Å². The van der Waals surface area contributed by atoms with E-state index in [4.69, 9.17) is 0 Å². The summed E-state index contributed by atoms with van der Waals surface area (Å²) in [5, 5.41) is 5.06. The summed E-state index contributed by atoms with van der Waals surface area (Å²) in [5.74, 6) is 0. The molecule has 0 fully saturated rings. The molecule has 2 heteroatoms. The largest absolute Gasteiger partial charge is 0.309 e. The van der Waals surface area contributed by atoms with Gasteiger partial charge in [-0.2, -0.15) is 0 Å². The van der Waals surface area contributed by atoms with Gasteiger partial charge >= 0.3 is 0 Å². The highest BCUT2D eigenvalue weighted by atomic mass is 15.0. The van der Waals surface area contributed by atoms with Crippen LogP contribution in [0.5, 0.6) is 0 Å². The summed E-state index contributed by atoms with van der Waals surface area (Å²) < 4.78 is 4.74. The maximum atomic E-state index is 2.37. The monoisotopic (exact) mass is 662 g/mol. The minimum atomic E-state index is 1.16. The zero-order valence-electron chi connectivity index (χ0n) is 28.5. The van der Waals surface area contributed by atoms with Gasteiger partial charge in [-0.1, -0.05) is 152 Å². The van der Waals surface area contributed by atoms with Crippen LogP contribution in [0.2, 0.25) is 0 Å². The number of fused-ring (bicyclic) bond motifs is 6. The zero-order valence-corrected chi connectivity index (χ0v) is 28.5. The molecule has 10 rings (SSSR count). The standard InChI is InChI=1S/C50H34N2/c1-2-16-39(17-3-1)51-49-25-13-10-22-45(49)46-34-38(30-33-50(46)51)42-19-7-5-15-36(42)27-26-35-14-4-6-18-41(35)37-28-31-40(32-29-37)52-47-23-11-8-20-43(47)44-21-9-12-24-48(44)52/h1-34H/b27-26+. The van der Waals surface area contributed by atoms with Crippen LogP contribution in [0, 0.1) is 0 Å². The van der Waals surface area contributed by atoms with Gasteiger partial charge in [-0.15, -0.1) is 0 Å². The first-order valence-electron chi connectivity index (χ1n) is 17.9. The van der Waals surface area contributed by atoms with E-state index in [2.05, 4.69) is 215 Å². The van der Waals surface area contributed by atoms with Crippen LogP contribution in [-0.4, -0.2) is 9.13 Å². The Morgan fingerprint density at radius 3 is 1.27 bits per heavy atom. The fourth-order valence-corrected chi connectivity index (χ4v) is 7.98. The number of rotatable bonds is 6. The lowest BCUT2D eigenvalue weighted by Gasteiger charge is -2.11. The molecule has 2 aromatic heterocycles. The number of hydrogen-bond acceptors (Lipinski definition) is 0. The molecule has 0 aliphatic rings. The molecule has 0 unspecified atom stereocenters. The number of benzene rings is 8. The first-order chi connectivity index (χ1) is 25.8. The Labute approximate surface area is 302 Å². The molecule has 0 aliphatic heterocycles. The summed E-state index contributed by atoms with van der Waals surface area (Å²) in [5.41, 5.74) is 14.4. The Morgan fingerprint density at radius 2 is 0.692 bits per heavy atom. The van der Waals surface area contributed by atoms with Crippen molar-refractivity contribution in [2.75, 3.05) is 0 Å². The molecule has 0 saturated carbocycles. The van der Waals surface area contributed by atoms with Crippen LogP contribution in [0.3, 0.4) is 0 Å². The fraction of sp³-hybridized carbons (Fsp3) is 0. The molecule has 0 N–H and O–H groups in total. The van der Waals surface area contributed by atoms with Crippen LogP contribution in [0.15, 0.2) is 194 Å². The van der Waals surface area contributed by atoms with Gasteiger partial charge in [-0.3, -0.25) is 0 Å². The van der Waals surface area contributed by atoms with Crippen LogP contribution >= 0.6 is 0 Å². The zero-order chi connectivity index (χ0) is 34.4. The minimum Gasteiger partial charge on any atom is -0.309 e. The molecule has 244 valence electrons. The third-order valence-electron chi connectivity index (χ3n) is 10.4. The molecule has 0 atom stereocenters. The van der Waals surface area contributed by atoms with Crippen molar-refractivity contribution in [3.63, 3.8) is 0 Å². The van der Waals surface area contributed by atoms with Crippen LogP contribution in [-0.2, 0) is 0 Å². The van der Waals surface area contributed by atoms with Crippen LogP contribution in [0.1, 0.15) is 11.1 Å². The lowest BCUT2D eigenvalue weighted by molar-refractivity contribution is 1.18. The highest BCUT2D eigenvalue weighted by Gasteiger charge is 2.15. The number of nitrogens with zero attached hydrogens (tertiary/aromatic N) is 2. The van der Waals surface area contributed by atoms with Crippen LogP contribution < -0.4 is 0 Å². The van der Waals surface area contributed by atoms with E-state index >= 15 is 0 Å². The molecule has 0 amide bonds. The second-order valence-corrected chi connectivity index (χ2v) is 13.3. The van der Waals surface area contributed by atoms with Crippen molar-refractivity contribution in [1.29, 1.82) is 0 Å². The fourth-order valence-electron chi connectivity index (χ4n) is 7.98. The van der Waals surface area contributed by atoms with Crippen molar-refractivity contribution in [2.45, 2.75) is 0 Å². The average molecular weight is 663 g/mol. The summed E-state index contributed by atoms with van der Waals surface area (Å²) in [7, 11) is 0. The van der Waals surface area contributed by atoms with Gasteiger partial charge in [0, 0.05) is 32.9 Å². The second kappa shape index (κ2) is 12.5. The van der Waals surface area contributed by atoms with E-state index in [0.29, 0.717) is 0 Å². The maximum Gasteiger partial charge on any atom is 0.0541 e. The Hall–Kier alpha value is -6.90. The van der Waals surface area contributed by atoms with E-state index in [-0.39, 0.29) is 0 Å². The summed E-state index contributed by atoms with van der Waals surface area (Å²) in [6, 6.07) is 70.0. The predicted octanol–water partition coefficient (Wildman–Crippen LogP) is 13.4. The van der Waals surface area contributed by atoms with Crippen molar-refractivity contribution < 1.29 is 0 Å².